The molecule has 8 heteroatoms. The summed E-state index contributed by atoms with van der Waals surface area (Å²) in [7, 11) is 0. The van der Waals surface area contributed by atoms with Gasteiger partial charge in [-0.3, -0.25) is 14.9 Å². The van der Waals surface area contributed by atoms with Crippen molar-refractivity contribution in [2.24, 2.45) is 0 Å². The lowest BCUT2D eigenvalue weighted by Crippen LogP contribution is -2.06. The number of carboxylic acid groups (broad SMARTS) is 1. The van der Waals surface area contributed by atoms with E-state index >= 15 is 0 Å². The average Bonchev–Trinajstić information content (AvgIpc) is 3.21. The van der Waals surface area contributed by atoms with Crippen LogP contribution in [0, 0.1) is 10.1 Å². The number of nitrogens with zero attached hydrogens (tertiary/aromatic N) is 2. The third-order valence-corrected chi connectivity index (χ3v) is 5.30. The van der Waals surface area contributed by atoms with Gasteiger partial charge in [-0.25, -0.2) is 4.98 Å². The minimum Gasteiger partial charge on any atom is -0.481 e. The fraction of sp³-hybridized carbons (Fsp3) is 0.0476. The lowest BCUT2D eigenvalue weighted by Gasteiger charge is -2.16. The number of nitro groups is 1. The summed E-state index contributed by atoms with van der Waals surface area (Å²) in [4.78, 5) is 28.0. The van der Waals surface area contributed by atoms with E-state index in [0.29, 0.717) is 27.7 Å². The van der Waals surface area contributed by atoms with Crippen molar-refractivity contribution in [1.29, 1.82) is 0 Å². The van der Waals surface area contributed by atoms with Gasteiger partial charge in [-0.2, -0.15) is 0 Å². The molecule has 0 bridgehead atoms. The molecule has 0 aliphatic heterocycles. The molecular formula is C21H15ClN2O4S. The molecule has 0 aliphatic carbocycles. The summed E-state index contributed by atoms with van der Waals surface area (Å²) in [5, 5.41) is 23.3. The molecule has 2 heterocycles. The predicted octanol–water partition coefficient (Wildman–Crippen LogP) is 5.59. The summed E-state index contributed by atoms with van der Waals surface area (Å²) in [6.07, 6.45) is -0.233. The number of aliphatic carboxylic acids is 1. The number of benzene rings is 2. The summed E-state index contributed by atoms with van der Waals surface area (Å²) < 4.78 is 0. The van der Waals surface area contributed by atoms with Crippen LogP contribution in [-0.4, -0.2) is 21.0 Å². The number of halogens is 1. The number of pyridine rings is 1. The first kappa shape index (κ1) is 20.4. The summed E-state index contributed by atoms with van der Waals surface area (Å²) in [5.41, 5.74) is 3.13. The van der Waals surface area contributed by atoms with E-state index < -0.39 is 10.9 Å². The van der Waals surface area contributed by atoms with Gasteiger partial charge in [-0.1, -0.05) is 36.4 Å². The Morgan fingerprint density at radius 1 is 1.10 bits per heavy atom. The van der Waals surface area contributed by atoms with Gasteiger partial charge < -0.3 is 5.11 Å². The van der Waals surface area contributed by atoms with E-state index in [2.05, 4.69) is 4.98 Å². The number of carbonyl (C=O) groups is 1. The molecule has 0 amide bonds. The maximum Gasteiger partial charge on any atom is 0.307 e. The molecule has 0 unspecified atom stereocenters. The van der Waals surface area contributed by atoms with Crippen molar-refractivity contribution in [3.05, 3.63) is 81.7 Å². The van der Waals surface area contributed by atoms with E-state index in [-0.39, 0.29) is 24.5 Å². The topological polar surface area (TPSA) is 93.3 Å². The number of hydrogen-bond donors (Lipinski definition) is 1. The number of non-ortho nitro benzene ring substituents is 1. The maximum atomic E-state index is 11.7. The largest absolute Gasteiger partial charge is 0.481 e. The van der Waals surface area contributed by atoms with E-state index in [0.717, 1.165) is 10.4 Å². The third kappa shape index (κ3) is 3.96. The molecule has 4 rings (SSSR count). The van der Waals surface area contributed by atoms with Gasteiger partial charge in [0, 0.05) is 17.5 Å². The van der Waals surface area contributed by atoms with Crippen molar-refractivity contribution in [3.8, 4) is 21.7 Å². The van der Waals surface area contributed by atoms with Gasteiger partial charge in [-0.15, -0.1) is 23.7 Å². The quantitative estimate of drug-likeness (QED) is 0.331. The number of hydrogen-bond acceptors (Lipinski definition) is 5. The molecule has 0 spiro atoms. The highest BCUT2D eigenvalue weighted by Gasteiger charge is 2.22. The second-order valence-corrected chi connectivity index (χ2v) is 7.13. The van der Waals surface area contributed by atoms with Crippen LogP contribution in [0.25, 0.3) is 32.6 Å². The Balaban J connectivity index is 0.00000240. The highest BCUT2D eigenvalue weighted by atomic mass is 35.5. The molecule has 4 aromatic rings. The normalized spacial score (nSPS) is 10.5. The van der Waals surface area contributed by atoms with Crippen LogP contribution in [0.1, 0.15) is 5.56 Å². The van der Waals surface area contributed by atoms with Crippen LogP contribution in [0.5, 0.6) is 0 Å². The zero-order chi connectivity index (χ0) is 19.7. The molecule has 0 saturated carbocycles. The Morgan fingerprint density at radius 3 is 2.48 bits per heavy atom. The molecule has 2 aromatic carbocycles. The monoisotopic (exact) mass is 426 g/mol. The van der Waals surface area contributed by atoms with Gasteiger partial charge in [0.2, 0.25) is 0 Å². The zero-order valence-corrected chi connectivity index (χ0v) is 16.6. The average molecular weight is 427 g/mol. The molecule has 6 nitrogen and oxygen atoms in total. The second-order valence-electron chi connectivity index (χ2n) is 6.19. The first-order valence-electron chi connectivity index (χ1n) is 8.46. The highest BCUT2D eigenvalue weighted by Crippen LogP contribution is 2.39. The number of carboxylic acids is 1. The molecule has 146 valence electrons. The van der Waals surface area contributed by atoms with Crippen LogP contribution in [-0.2, 0) is 11.2 Å². The van der Waals surface area contributed by atoms with Crippen molar-refractivity contribution in [2.75, 3.05) is 0 Å². The Bertz CT molecular complexity index is 1190. The van der Waals surface area contributed by atoms with Crippen molar-refractivity contribution in [1.82, 2.24) is 4.98 Å². The van der Waals surface area contributed by atoms with Crippen LogP contribution in [0.3, 0.4) is 0 Å². The number of fused-ring (bicyclic) bond motifs is 1. The molecule has 0 aliphatic rings. The van der Waals surface area contributed by atoms with Gasteiger partial charge >= 0.3 is 5.97 Å². The fourth-order valence-electron chi connectivity index (χ4n) is 3.28. The summed E-state index contributed by atoms with van der Waals surface area (Å²) in [6, 6.07) is 17.6. The molecule has 1 N–H and O–H groups in total. The number of rotatable bonds is 5. The van der Waals surface area contributed by atoms with Gasteiger partial charge in [0.1, 0.15) is 0 Å². The minimum absolute atomic E-state index is 0. The van der Waals surface area contributed by atoms with Crippen LogP contribution in [0.2, 0.25) is 0 Å². The highest BCUT2D eigenvalue weighted by molar-refractivity contribution is 7.13. The van der Waals surface area contributed by atoms with Crippen LogP contribution in [0.4, 0.5) is 5.69 Å². The lowest BCUT2D eigenvalue weighted by atomic mass is 9.91. The standard InChI is InChI=1S/C21H14N2O4S.ClH/c24-19(25)12-16-20(13-5-2-1-3-6-13)15-11-14(23(26)27)8-9-17(15)22-21(16)18-7-4-10-28-18;/h1-11H,12H2,(H,24,25);1H. The van der Waals surface area contributed by atoms with Crippen molar-refractivity contribution in [2.45, 2.75) is 6.42 Å². The van der Waals surface area contributed by atoms with E-state index in [9.17, 15) is 20.0 Å². The molecule has 2 aromatic heterocycles. The third-order valence-electron chi connectivity index (χ3n) is 4.43. The van der Waals surface area contributed by atoms with E-state index in [1.807, 2.05) is 47.8 Å². The SMILES string of the molecule is Cl.O=C(O)Cc1c(-c2cccs2)nc2ccc([N+](=O)[O-])cc2c1-c1ccccc1. The van der Waals surface area contributed by atoms with Crippen LogP contribution < -0.4 is 0 Å². The number of aromatic nitrogens is 1. The first-order valence-corrected chi connectivity index (χ1v) is 9.34. The predicted molar refractivity (Wildman–Crippen MR) is 116 cm³/mol. The van der Waals surface area contributed by atoms with E-state index in [1.54, 1.807) is 6.07 Å². The Morgan fingerprint density at radius 2 is 1.86 bits per heavy atom. The van der Waals surface area contributed by atoms with Gasteiger partial charge in [0.15, 0.2) is 0 Å². The van der Waals surface area contributed by atoms with Crippen LogP contribution in [0.15, 0.2) is 66.0 Å². The maximum absolute atomic E-state index is 11.7. The number of nitro benzene ring substituents is 1. The molecule has 0 fully saturated rings. The first-order chi connectivity index (χ1) is 13.5. The summed E-state index contributed by atoms with van der Waals surface area (Å²) in [6.45, 7) is 0. The molecule has 0 atom stereocenters. The summed E-state index contributed by atoms with van der Waals surface area (Å²) in [5.74, 6) is -0.985. The smallest absolute Gasteiger partial charge is 0.307 e. The van der Waals surface area contributed by atoms with Crippen molar-refractivity contribution >= 4 is 46.3 Å². The Kier molecular flexibility index (Phi) is 5.91. The Hall–Kier alpha value is -3.29. The molecule has 0 radical (unpaired) electrons. The molecular weight excluding hydrogens is 412 g/mol. The van der Waals surface area contributed by atoms with E-state index in [1.165, 1.54) is 23.5 Å². The Labute approximate surface area is 176 Å². The minimum atomic E-state index is -0.985. The van der Waals surface area contributed by atoms with Crippen molar-refractivity contribution in [3.63, 3.8) is 0 Å². The summed E-state index contributed by atoms with van der Waals surface area (Å²) >= 11 is 1.47. The molecule has 0 saturated heterocycles. The van der Waals surface area contributed by atoms with Gasteiger partial charge in [-0.05, 0) is 34.2 Å². The number of thiophene rings is 1. The van der Waals surface area contributed by atoms with Crippen LogP contribution >= 0.6 is 23.7 Å². The van der Waals surface area contributed by atoms with E-state index in [4.69, 9.17) is 0 Å². The zero-order valence-electron chi connectivity index (χ0n) is 14.9. The van der Waals surface area contributed by atoms with Gasteiger partial charge in [0.05, 0.1) is 27.4 Å². The second kappa shape index (κ2) is 8.38. The lowest BCUT2D eigenvalue weighted by molar-refractivity contribution is -0.384. The fourth-order valence-corrected chi connectivity index (χ4v) is 4.02. The molecule has 29 heavy (non-hydrogen) atoms. The van der Waals surface area contributed by atoms with Gasteiger partial charge in [0.25, 0.3) is 5.69 Å². The van der Waals surface area contributed by atoms with Crippen molar-refractivity contribution < 1.29 is 14.8 Å².